The Balaban J connectivity index is 2.09. The van der Waals surface area contributed by atoms with Gasteiger partial charge in [0.1, 0.15) is 0 Å². The normalized spacial score (nSPS) is 15.8. The highest BCUT2D eigenvalue weighted by Crippen LogP contribution is 2.23. The minimum absolute atomic E-state index is 0.222. The van der Waals surface area contributed by atoms with Gasteiger partial charge in [-0.3, -0.25) is 4.90 Å². The summed E-state index contributed by atoms with van der Waals surface area (Å²) in [7, 11) is 0. The summed E-state index contributed by atoms with van der Waals surface area (Å²) in [6, 6.07) is 8.60. The number of rotatable bonds is 7. The van der Waals surface area contributed by atoms with E-state index in [1.54, 1.807) is 0 Å². The lowest BCUT2D eigenvalue weighted by atomic mass is 10.1. The minimum Gasteiger partial charge on any atom is -0.395 e. The lowest BCUT2D eigenvalue weighted by Gasteiger charge is -2.32. The zero-order valence-corrected chi connectivity index (χ0v) is 12.4. The first-order valence-corrected chi connectivity index (χ1v) is 7.59. The molecule has 0 unspecified atom stereocenters. The van der Waals surface area contributed by atoms with E-state index in [4.69, 9.17) is 4.74 Å². The average Bonchev–Trinajstić information content (AvgIpc) is 2.49. The Morgan fingerprint density at radius 2 is 1.95 bits per heavy atom. The Labute approximate surface area is 122 Å². The predicted octanol–water partition coefficient (Wildman–Crippen LogP) is 1.73. The molecule has 1 saturated heterocycles. The molecule has 0 aromatic heterocycles. The smallest absolute Gasteiger partial charge is 0.0642 e. The molecule has 4 nitrogen and oxygen atoms in total. The van der Waals surface area contributed by atoms with Crippen LogP contribution in [0.3, 0.4) is 0 Å². The van der Waals surface area contributed by atoms with Crippen molar-refractivity contribution < 1.29 is 9.84 Å². The molecule has 20 heavy (non-hydrogen) atoms. The molecule has 4 heteroatoms. The van der Waals surface area contributed by atoms with Gasteiger partial charge in [-0.15, -0.1) is 0 Å². The molecule has 112 valence electrons. The summed E-state index contributed by atoms with van der Waals surface area (Å²) in [5, 5.41) is 9.19. The predicted molar refractivity (Wildman–Crippen MR) is 82.1 cm³/mol. The van der Waals surface area contributed by atoms with Crippen molar-refractivity contribution in [1.29, 1.82) is 0 Å². The zero-order chi connectivity index (χ0) is 14.2. The summed E-state index contributed by atoms with van der Waals surface area (Å²) < 4.78 is 5.43. The van der Waals surface area contributed by atoms with E-state index in [2.05, 4.69) is 41.0 Å². The molecule has 1 fully saturated rings. The maximum atomic E-state index is 9.19. The second kappa shape index (κ2) is 8.25. The van der Waals surface area contributed by atoms with E-state index in [0.717, 1.165) is 52.4 Å². The quantitative estimate of drug-likeness (QED) is 0.824. The maximum absolute atomic E-state index is 9.19. The molecule has 1 aromatic carbocycles. The third kappa shape index (κ3) is 4.20. The van der Waals surface area contributed by atoms with Crippen LogP contribution >= 0.6 is 0 Å². The Morgan fingerprint density at radius 3 is 2.65 bits per heavy atom. The molecule has 0 amide bonds. The summed E-state index contributed by atoms with van der Waals surface area (Å²) in [4.78, 5) is 4.72. The number of benzene rings is 1. The number of morpholine rings is 1. The van der Waals surface area contributed by atoms with Gasteiger partial charge in [0.15, 0.2) is 0 Å². The number of ether oxygens (including phenoxy) is 1. The van der Waals surface area contributed by atoms with Gasteiger partial charge in [-0.1, -0.05) is 25.1 Å². The number of nitrogens with zero attached hydrogens (tertiary/aromatic N) is 2. The lowest BCUT2D eigenvalue weighted by Crippen LogP contribution is -2.37. The van der Waals surface area contributed by atoms with Crippen LogP contribution in [-0.2, 0) is 11.3 Å². The molecule has 0 saturated carbocycles. The van der Waals surface area contributed by atoms with Gasteiger partial charge in [-0.25, -0.2) is 0 Å². The van der Waals surface area contributed by atoms with Gasteiger partial charge in [0.2, 0.25) is 0 Å². The van der Waals surface area contributed by atoms with Gasteiger partial charge < -0.3 is 14.7 Å². The molecule has 1 aliphatic heterocycles. The van der Waals surface area contributed by atoms with Crippen molar-refractivity contribution in [3.8, 4) is 0 Å². The summed E-state index contributed by atoms with van der Waals surface area (Å²) in [6.07, 6.45) is 1.11. The van der Waals surface area contributed by atoms with Crippen LogP contribution < -0.4 is 4.90 Å². The number of aliphatic hydroxyl groups excluding tert-OH is 1. The standard InChI is InChI=1S/C16H26N2O2/c1-2-7-17(8-11-19)14-15-5-3-4-6-16(15)18-9-12-20-13-10-18/h3-6,19H,2,7-14H2,1H3. The highest BCUT2D eigenvalue weighted by Gasteiger charge is 2.15. The van der Waals surface area contributed by atoms with Crippen molar-refractivity contribution in [2.75, 3.05) is 50.9 Å². The third-order valence-corrected chi connectivity index (χ3v) is 3.69. The Hall–Kier alpha value is -1.10. The van der Waals surface area contributed by atoms with Crippen molar-refractivity contribution in [3.05, 3.63) is 29.8 Å². The monoisotopic (exact) mass is 278 g/mol. The molecule has 0 radical (unpaired) electrons. The van der Waals surface area contributed by atoms with E-state index < -0.39 is 0 Å². The van der Waals surface area contributed by atoms with Crippen molar-refractivity contribution in [2.45, 2.75) is 19.9 Å². The lowest BCUT2D eigenvalue weighted by molar-refractivity contribution is 0.122. The fourth-order valence-electron chi connectivity index (χ4n) is 2.73. The van der Waals surface area contributed by atoms with Crippen LogP contribution in [0.25, 0.3) is 0 Å². The highest BCUT2D eigenvalue weighted by molar-refractivity contribution is 5.53. The molecule has 0 bridgehead atoms. The van der Waals surface area contributed by atoms with E-state index >= 15 is 0 Å². The van der Waals surface area contributed by atoms with E-state index in [9.17, 15) is 5.11 Å². The number of anilines is 1. The van der Waals surface area contributed by atoms with Gasteiger partial charge in [0, 0.05) is 31.9 Å². The molecule has 0 atom stereocenters. The first-order valence-electron chi connectivity index (χ1n) is 7.59. The summed E-state index contributed by atoms with van der Waals surface area (Å²) >= 11 is 0. The number of hydrogen-bond acceptors (Lipinski definition) is 4. The molecule has 1 heterocycles. The first kappa shape index (κ1) is 15.3. The molecule has 1 aromatic rings. The summed E-state index contributed by atoms with van der Waals surface area (Å²) in [5.41, 5.74) is 2.66. The number of hydrogen-bond donors (Lipinski definition) is 1. The highest BCUT2D eigenvalue weighted by atomic mass is 16.5. The second-order valence-corrected chi connectivity index (χ2v) is 5.23. The number of aliphatic hydroxyl groups is 1. The minimum atomic E-state index is 0.222. The van der Waals surface area contributed by atoms with Crippen LogP contribution in [0.1, 0.15) is 18.9 Å². The van der Waals surface area contributed by atoms with Gasteiger partial charge in [-0.05, 0) is 24.6 Å². The average molecular weight is 278 g/mol. The largest absolute Gasteiger partial charge is 0.395 e. The van der Waals surface area contributed by atoms with Crippen LogP contribution in [0.4, 0.5) is 5.69 Å². The van der Waals surface area contributed by atoms with Crippen LogP contribution in [0.15, 0.2) is 24.3 Å². The van der Waals surface area contributed by atoms with Crippen molar-refractivity contribution >= 4 is 5.69 Å². The Kier molecular flexibility index (Phi) is 6.30. The van der Waals surface area contributed by atoms with Crippen LogP contribution in [0.5, 0.6) is 0 Å². The van der Waals surface area contributed by atoms with Gasteiger partial charge in [0.05, 0.1) is 19.8 Å². The second-order valence-electron chi connectivity index (χ2n) is 5.23. The number of para-hydroxylation sites is 1. The van der Waals surface area contributed by atoms with Gasteiger partial charge in [-0.2, -0.15) is 0 Å². The van der Waals surface area contributed by atoms with Crippen LogP contribution in [0, 0.1) is 0 Å². The van der Waals surface area contributed by atoms with E-state index in [-0.39, 0.29) is 6.61 Å². The van der Waals surface area contributed by atoms with Crippen molar-refractivity contribution in [1.82, 2.24) is 4.90 Å². The fourth-order valence-corrected chi connectivity index (χ4v) is 2.73. The summed E-state index contributed by atoms with van der Waals surface area (Å²) in [5.74, 6) is 0. The fraction of sp³-hybridized carbons (Fsp3) is 0.625. The molecule has 2 rings (SSSR count). The maximum Gasteiger partial charge on any atom is 0.0642 e. The Bertz CT molecular complexity index is 386. The molecule has 1 N–H and O–H groups in total. The van der Waals surface area contributed by atoms with Crippen LogP contribution in [-0.4, -0.2) is 56.0 Å². The van der Waals surface area contributed by atoms with E-state index in [1.165, 1.54) is 11.3 Å². The SMILES string of the molecule is CCCN(CCO)Cc1ccccc1N1CCOCC1. The first-order chi connectivity index (χ1) is 9.85. The molecule has 0 spiro atoms. The zero-order valence-electron chi connectivity index (χ0n) is 12.4. The van der Waals surface area contributed by atoms with E-state index in [1.807, 2.05) is 0 Å². The van der Waals surface area contributed by atoms with Gasteiger partial charge >= 0.3 is 0 Å². The van der Waals surface area contributed by atoms with Crippen molar-refractivity contribution in [2.24, 2.45) is 0 Å². The van der Waals surface area contributed by atoms with Crippen molar-refractivity contribution in [3.63, 3.8) is 0 Å². The molecular formula is C16H26N2O2. The molecule has 0 aliphatic carbocycles. The van der Waals surface area contributed by atoms with Crippen LogP contribution in [0.2, 0.25) is 0 Å². The topological polar surface area (TPSA) is 35.9 Å². The Morgan fingerprint density at radius 1 is 1.20 bits per heavy atom. The van der Waals surface area contributed by atoms with Gasteiger partial charge in [0.25, 0.3) is 0 Å². The molecular weight excluding hydrogens is 252 g/mol. The molecule has 1 aliphatic rings. The van der Waals surface area contributed by atoms with E-state index in [0.29, 0.717) is 0 Å². The summed E-state index contributed by atoms with van der Waals surface area (Å²) in [6.45, 7) is 8.62. The third-order valence-electron chi connectivity index (χ3n) is 3.69.